The van der Waals surface area contributed by atoms with E-state index in [4.69, 9.17) is 20.3 Å². The van der Waals surface area contributed by atoms with Crippen molar-refractivity contribution < 1.29 is 18.3 Å². The topological polar surface area (TPSA) is 80.1 Å². The maximum absolute atomic E-state index is 15.1. The molecule has 0 amide bonds. The van der Waals surface area contributed by atoms with E-state index in [0.717, 1.165) is 30.5 Å². The molecular weight excluding hydrogens is 533 g/mol. The van der Waals surface area contributed by atoms with Crippen LogP contribution in [0.5, 0.6) is 0 Å². The zero-order valence-corrected chi connectivity index (χ0v) is 26.5. The van der Waals surface area contributed by atoms with Crippen LogP contribution in [-0.2, 0) is 35.8 Å². The molecule has 0 bridgehead atoms. The molecule has 0 aliphatic heterocycles. The smallest absolute Gasteiger partial charge is 0.188 e. The second-order valence-corrected chi connectivity index (χ2v) is 25.5. The fraction of sp³-hybridized carbons (Fsp3) is 0.643. The van der Waals surface area contributed by atoms with Gasteiger partial charge in [0.05, 0.1) is 11.2 Å². The van der Waals surface area contributed by atoms with Gasteiger partial charge in [0.15, 0.2) is 17.5 Å². The van der Waals surface area contributed by atoms with E-state index in [1.54, 1.807) is 4.57 Å². The molecule has 1 fully saturated rings. The summed E-state index contributed by atoms with van der Waals surface area (Å²) in [5.41, 5.74) is 9.26. The fourth-order valence-corrected chi connectivity index (χ4v) is 7.00. The first kappa shape index (κ1) is 28.4. The molecule has 5 rings (SSSR count). The van der Waals surface area contributed by atoms with E-state index in [0.29, 0.717) is 48.3 Å². The largest absolute Gasteiger partial charge is 0.396 e. The second kappa shape index (κ2) is 10.1. The Hall–Kier alpha value is -2.09. The van der Waals surface area contributed by atoms with Gasteiger partial charge in [-0.25, -0.2) is 18.4 Å². The van der Waals surface area contributed by atoms with Crippen molar-refractivity contribution in [1.29, 1.82) is 0 Å². The molecule has 2 aliphatic carbocycles. The molecule has 7 nitrogen and oxygen atoms in total. The SMILES string of the molecule is C[C@@]12Cc3c(c(-c4nc5c(F)c(F)c(N)cc5n4COCC[Si](C)(C)C)nn3COCC[Si](C)(C)C)C[C@@H]1C2. The first-order valence-corrected chi connectivity index (χ1v) is 21.5. The predicted molar refractivity (Wildman–Crippen MR) is 157 cm³/mol. The van der Waals surface area contributed by atoms with Crippen molar-refractivity contribution in [3.63, 3.8) is 0 Å². The third kappa shape index (κ3) is 5.87. The highest BCUT2D eigenvalue weighted by atomic mass is 28.3. The van der Waals surface area contributed by atoms with E-state index in [9.17, 15) is 4.39 Å². The summed E-state index contributed by atoms with van der Waals surface area (Å²) < 4.78 is 45.5. The average molecular weight is 576 g/mol. The monoisotopic (exact) mass is 575 g/mol. The molecule has 1 saturated carbocycles. The van der Waals surface area contributed by atoms with Gasteiger partial charge in [0.2, 0.25) is 0 Å². The van der Waals surface area contributed by atoms with Gasteiger partial charge in [-0.2, -0.15) is 5.10 Å². The van der Waals surface area contributed by atoms with Gasteiger partial charge in [-0.1, -0.05) is 46.2 Å². The molecule has 3 aromatic rings. The average Bonchev–Trinajstić information content (AvgIpc) is 3.19. The molecule has 11 heteroatoms. The standard InChI is InChI=1S/C28H43F2N5O2Si2/c1-28-14-18(28)12-19-22(15-28)35(17-37-9-11-39(5,6)7)33-25(19)27-32-26-21(13-20(31)23(29)24(26)30)34(27)16-36-8-10-38(2,3)4/h13,18H,8-12,14-17,31H2,1-7H3/t18-,28-/m1/s1. The van der Waals surface area contributed by atoms with Gasteiger partial charge in [-0.15, -0.1) is 0 Å². The number of anilines is 1. The molecule has 2 aromatic heterocycles. The van der Waals surface area contributed by atoms with Crippen molar-refractivity contribution in [3.8, 4) is 11.5 Å². The number of halogens is 2. The van der Waals surface area contributed by atoms with E-state index in [-0.39, 0.29) is 17.9 Å². The van der Waals surface area contributed by atoms with Gasteiger partial charge in [0.25, 0.3) is 0 Å². The highest BCUT2D eigenvalue weighted by molar-refractivity contribution is 6.76. The zero-order valence-electron chi connectivity index (χ0n) is 24.5. The lowest BCUT2D eigenvalue weighted by molar-refractivity contribution is 0.0756. The van der Waals surface area contributed by atoms with Crippen LogP contribution >= 0.6 is 0 Å². The van der Waals surface area contributed by atoms with E-state index >= 15 is 4.39 Å². The minimum atomic E-state index is -1.30. The van der Waals surface area contributed by atoms with Crippen molar-refractivity contribution in [1.82, 2.24) is 19.3 Å². The number of fused-ring (bicyclic) bond motifs is 3. The third-order valence-electron chi connectivity index (χ3n) is 8.32. The fourth-order valence-electron chi connectivity index (χ4n) is 5.49. The van der Waals surface area contributed by atoms with Crippen LogP contribution in [0, 0.1) is 23.0 Å². The lowest BCUT2D eigenvalue weighted by Gasteiger charge is -2.20. The van der Waals surface area contributed by atoms with Gasteiger partial charge in [0.1, 0.15) is 24.7 Å². The summed E-state index contributed by atoms with van der Waals surface area (Å²) in [5, 5.41) is 5.00. The Balaban J connectivity index is 1.54. The molecule has 1 aromatic carbocycles. The van der Waals surface area contributed by atoms with Gasteiger partial charge in [-0.05, 0) is 48.7 Å². The summed E-state index contributed by atoms with van der Waals surface area (Å²) in [5.74, 6) is -1.02. The van der Waals surface area contributed by atoms with Gasteiger partial charge < -0.3 is 15.2 Å². The maximum atomic E-state index is 15.1. The first-order valence-electron chi connectivity index (χ1n) is 14.0. The van der Waals surface area contributed by atoms with Crippen molar-refractivity contribution in [2.24, 2.45) is 11.3 Å². The Labute approximate surface area is 232 Å². The van der Waals surface area contributed by atoms with Crippen molar-refractivity contribution >= 4 is 32.9 Å². The van der Waals surface area contributed by atoms with Gasteiger partial charge in [0, 0.05) is 40.6 Å². The summed E-state index contributed by atoms with van der Waals surface area (Å²) >= 11 is 0. The minimum Gasteiger partial charge on any atom is -0.396 e. The number of ether oxygens (including phenoxy) is 2. The zero-order chi connectivity index (χ0) is 28.3. The van der Waals surface area contributed by atoms with Crippen LogP contribution in [0.25, 0.3) is 22.6 Å². The van der Waals surface area contributed by atoms with E-state index in [1.165, 1.54) is 18.2 Å². The highest BCUT2D eigenvalue weighted by Gasteiger charge is 2.54. The number of nitrogens with zero attached hydrogens (tertiary/aromatic N) is 4. The van der Waals surface area contributed by atoms with Crippen LogP contribution < -0.4 is 5.73 Å². The Bertz CT molecular complexity index is 1390. The van der Waals surface area contributed by atoms with E-state index in [1.807, 2.05) is 4.68 Å². The van der Waals surface area contributed by atoms with Crippen LogP contribution in [0.2, 0.25) is 51.4 Å². The molecule has 0 saturated heterocycles. The summed E-state index contributed by atoms with van der Waals surface area (Å²) in [6.45, 7) is 18.1. The summed E-state index contributed by atoms with van der Waals surface area (Å²) in [7, 11) is -2.51. The Morgan fingerprint density at radius 1 is 1.03 bits per heavy atom. The normalized spacial score (nSPS) is 20.9. The summed E-state index contributed by atoms with van der Waals surface area (Å²) in [6.07, 6.45) is 3.01. The van der Waals surface area contributed by atoms with Crippen molar-refractivity contribution in [2.75, 3.05) is 18.9 Å². The number of nitrogen functional groups attached to an aromatic ring is 1. The molecule has 2 aliphatic rings. The molecule has 0 unspecified atom stereocenters. The first-order chi connectivity index (χ1) is 18.2. The number of benzene rings is 1. The minimum absolute atomic E-state index is 0.0488. The molecule has 2 atom stereocenters. The van der Waals surface area contributed by atoms with Crippen LogP contribution in [0.15, 0.2) is 6.07 Å². The Kier molecular flexibility index (Phi) is 7.35. The predicted octanol–water partition coefficient (Wildman–Crippen LogP) is 6.51. The van der Waals surface area contributed by atoms with Gasteiger partial charge >= 0.3 is 0 Å². The number of hydrogen-bond acceptors (Lipinski definition) is 5. The van der Waals surface area contributed by atoms with Crippen LogP contribution in [0.3, 0.4) is 0 Å². The third-order valence-corrected chi connectivity index (χ3v) is 11.7. The number of aromatic nitrogens is 4. The molecule has 214 valence electrons. The molecule has 2 N–H and O–H groups in total. The van der Waals surface area contributed by atoms with Crippen LogP contribution in [0.1, 0.15) is 24.6 Å². The molecule has 0 radical (unpaired) electrons. The summed E-state index contributed by atoms with van der Waals surface area (Å²) in [6, 6.07) is 3.53. The van der Waals surface area contributed by atoms with Crippen molar-refractivity contribution in [2.45, 2.75) is 91.0 Å². The molecular formula is C28H43F2N5O2Si2. The van der Waals surface area contributed by atoms with E-state index < -0.39 is 27.8 Å². The second-order valence-electron chi connectivity index (χ2n) is 14.2. The Morgan fingerprint density at radius 2 is 1.67 bits per heavy atom. The number of imidazole rings is 1. The highest BCUT2D eigenvalue weighted by Crippen LogP contribution is 2.60. The lowest BCUT2D eigenvalue weighted by atomic mass is 9.87. The number of hydrogen-bond donors (Lipinski definition) is 1. The maximum Gasteiger partial charge on any atom is 0.188 e. The summed E-state index contributed by atoms with van der Waals surface area (Å²) in [4.78, 5) is 4.63. The van der Waals surface area contributed by atoms with Crippen LogP contribution in [-0.4, -0.2) is 48.7 Å². The quantitative estimate of drug-likeness (QED) is 0.160. The number of nitrogens with two attached hydrogens (primary N) is 1. The van der Waals surface area contributed by atoms with Crippen LogP contribution in [0.4, 0.5) is 14.5 Å². The number of rotatable bonds is 11. The van der Waals surface area contributed by atoms with Crippen molar-refractivity contribution in [3.05, 3.63) is 29.0 Å². The van der Waals surface area contributed by atoms with E-state index in [2.05, 4.69) is 51.2 Å². The molecule has 39 heavy (non-hydrogen) atoms. The molecule has 0 spiro atoms. The lowest BCUT2D eigenvalue weighted by Crippen LogP contribution is -2.23. The van der Waals surface area contributed by atoms with Gasteiger partial charge in [-0.3, -0.25) is 4.57 Å². The molecule has 2 heterocycles. The Morgan fingerprint density at radius 3 is 2.31 bits per heavy atom.